The van der Waals surface area contributed by atoms with Crippen LogP contribution in [0.5, 0.6) is 0 Å². The molecular weight excluding hydrogens is 312 g/mol. The Balaban J connectivity index is 2.17. The summed E-state index contributed by atoms with van der Waals surface area (Å²) in [6.45, 7) is 2.21. The van der Waals surface area contributed by atoms with E-state index in [2.05, 4.69) is 54.8 Å². The average molecular weight is 341 g/mol. The first kappa shape index (κ1) is 19.4. The van der Waals surface area contributed by atoms with Gasteiger partial charge in [0.1, 0.15) is 0 Å². The summed E-state index contributed by atoms with van der Waals surface area (Å²) in [5, 5.41) is 8.51. The Morgan fingerprint density at radius 1 is 1.18 bits per heavy atom. The predicted octanol–water partition coefficient (Wildman–Crippen LogP) is 5.03. The average Bonchev–Trinajstić information content (AvgIpc) is 2.93. The molecule has 0 aliphatic carbocycles. The summed E-state index contributed by atoms with van der Waals surface area (Å²) >= 11 is 4.13. The van der Waals surface area contributed by atoms with E-state index >= 15 is 0 Å². The molecule has 0 radical (unpaired) electrons. The highest BCUT2D eigenvalue weighted by atomic mass is 32.2. The van der Waals surface area contributed by atoms with Crippen LogP contribution in [0.25, 0.3) is 0 Å². The van der Waals surface area contributed by atoms with E-state index in [1.165, 1.54) is 36.2 Å². The van der Waals surface area contributed by atoms with Gasteiger partial charge in [0.2, 0.25) is 0 Å². The number of carbonyl (C=O) groups is 1. The van der Waals surface area contributed by atoms with Crippen molar-refractivity contribution in [2.45, 2.75) is 32.6 Å². The largest absolute Gasteiger partial charge is 0.478 e. The minimum atomic E-state index is -0.870. The van der Waals surface area contributed by atoms with E-state index < -0.39 is 5.97 Å². The highest BCUT2D eigenvalue weighted by molar-refractivity contribution is 8.00. The highest BCUT2D eigenvalue weighted by Crippen LogP contribution is 2.34. The lowest BCUT2D eigenvalue weighted by atomic mass is 9.94. The topological polar surface area (TPSA) is 37.3 Å². The molecule has 1 N–H and O–H groups in total. The lowest BCUT2D eigenvalue weighted by Gasteiger charge is -2.16. The summed E-state index contributed by atoms with van der Waals surface area (Å²) in [6.07, 6.45) is 16.1. The van der Waals surface area contributed by atoms with Gasteiger partial charge >= 0.3 is 5.97 Å². The molecule has 22 heavy (non-hydrogen) atoms. The van der Waals surface area contributed by atoms with Gasteiger partial charge in [-0.15, -0.1) is 0 Å². The molecule has 0 bridgehead atoms. The van der Waals surface area contributed by atoms with Crippen molar-refractivity contribution < 1.29 is 9.90 Å². The van der Waals surface area contributed by atoms with Gasteiger partial charge in [0.05, 0.1) is 0 Å². The Kier molecular flexibility index (Phi) is 11.4. The fourth-order valence-corrected chi connectivity index (χ4v) is 5.13. The van der Waals surface area contributed by atoms with E-state index in [1.807, 2.05) is 0 Å². The Hall–Kier alpha value is -0.610. The van der Waals surface area contributed by atoms with Crippen molar-refractivity contribution in [1.82, 2.24) is 0 Å². The van der Waals surface area contributed by atoms with Crippen molar-refractivity contribution in [3.8, 4) is 0 Å². The molecule has 1 aliphatic heterocycles. The fourth-order valence-electron chi connectivity index (χ4n) is 2.34. The summed E-state index contributed by atoms with van der Waals surface area (Å²) in [4.78, 5) is 10.3. The number of unbranched alkanes of at least 4 members (excludes halogenated alkanes) is 1. The lowest BCUT2D eigenvalue weighted by molar-refractivity contribution is -0.131. The molecule has 4 heteroatoms. The number of hydrogen-bond acceptors (Lipinski definition) is 3. The summed E-state index contributed by atoms with van der Waals surface area (Å²) in [6, 6.07) is 0. The third-order valence-corrected chi connectivity index (χ3v) is 6.06. The molecule has 0 spiro atoms. The van der Waals surface area contributed by atoms with Crippen LogP contribution in [-0.2, 0) is 4.79 Å². The van der Waals surface area contributed by atoms with E-state index in [0.717, 1.165) is 24.0 Å². The van der Waals surface area contributed by atoms with Crippen LogP contribution in [0, 0.1) is 11.8 Å². The lowest BCUT2D eigenvalue weighted by Crippen LogP contribution is -2.14. The second-order valence-corrected chi connectivity index (χ2v) is 7.69. The van der Waals surface area contributed by atoms with E-state index in [1.54, 1.807) is 6.08 Å². The monoisotopic (exact) mass is 340 g/mol. The summed E-state index contributed by atoms with van der Waals surface area (Å²) in [7, 11) is 0. The Morgan fingerprint density at radius 3 is 2.77 bits per heavy atom. The molecule has 0 aromatic carbocycles. The van der Waals surface area contributed by atoms with Crippen LogP contribution in [-0.4, -0.2) is 34.1 Å². The van der Waals surface area contributed by atoms with Crippen molar-refractivity contribution in [3.63, 3.8) is 0 Å². The van der Waals surface area contributed by atoms with E-state index in [4.69, 9.17) is 5.11 Å². The Morgan fingerprint density at radius 2 is 2.00 bits per heavy atom. The van der Waals surface area contributed by atoms with Crippen LogP contribution in [0.4, 0.5) is 0 Å². The highest BCUT2D eigenvalue weighted by Gasteiger charge is 2.26. The number of thioether (sulfide) groups is 2. The number of allylic oxidation sites excluding steroid dienone is 4. The molecule has 1 fully saturated rings. The molecule has 0 saturated carbocycles. The maximum absolute atomic E-state index is 10.3. The van der Waals surface area contributed by atoms with Gasteiger partial charge in [-0.25, -0.2) is 4.79 Å². The van der Waals surface area contributed by atoms with Crippen molar-refractivity contribution in [2.75, 3.05) is 23.0 Å². The van der Waals surface area contributed by atoms with Gasteiger partial charge in [-0.1, -0.05) is 43.7 Å². The number of carboxylic acids is 1. The van der Waals surface area contributed by atoms with Crippen LogP contribution in [0.2, 0.25) is 0 Å². The predicted molar refractivity (Wildman–Crippen MR) is 101 cm³/mol. The third kappa shape index (κ3) is 9.42. The molecule has 0 aromatic heterocycles. The van der Waals surface area contributed by atoms with Gasteiger partial charge in [-0.05, 0) is 48.4 Å². The SMILES string of the molecule is CCCC=CCSC[C@H]1CSC[C@H]1CC=CCC=CC(=O)O. The number of hydrogen-bond donors (Lipinski definition) is 1. The molecule has 1 rings (SSSR count). The fraction of sp³-hybridized carbons (Fsp3) is 0.611. The Labute approximate surface area is 143 Å². The second kappa shape index (κ2) is 12.9. The summed E-state index contributed by atoms with van der Waals surface area (Å²) in [5.41, 5.74) is 0. The summed E-state index contributed by atoms with van der Waals surface area (Å²) in [5.74, 6) is 5.72. The summed E-state index contributed by atoms with van der Waals surface area (Å²) < 4.78 is 0. The van der Waals surface area contributed by atoms with E-state index in [9.17, 15) is 4.79 Å². The van der Waals surface area contributed by atoms with Gasteiger partial charge in [-0.3, -0.25) is 0 Å². The smallest absolute Gasteiger partial charge is 0.327 e. The van der Waals surface area contributed by atoms with Crippen LogP contribution < -0.4 is 0 Å². The third-order valence-electron chi connectivity index (χ3n) is 3.64. The molecular formula is C18H28O2S2. The van der Waals surface area contributed by atoms with Crippen molar-refractivity contribution in [2.24, 2.45) is 11.8 Å². The zero-order valence-corrected chi connectivity index (χ0v) is 15.1. The molecule has 1 saturated heterocycles. The molecule has 124 valence electrons. The van der Waals surface area contributed by atoms with Gasteiger partial charge < -0.3 is 5.11 Å². The number of carboxylic acid groups (broad SMARTS) is 1. The first-order valence-electron chi connectivity index (χ1n) is 8.09. The van der Waals surface area contributed by atoms with Crippen molar-refractivity contribution in [3.05, 3.63) is 36.5 Å². The molecule has 1 heterocycles. The maximum atomic E-state index is 10.3. The molecule has 2 atom stereocenters. The van der Waals surface area contributed by atoms with E-state index in [0.29, 0.717) is 6.42 Å². The van der Waals surface area contributed by atoms with Gasteiger partial charge in [0, 0.05) is 11.8 Å². The molecule has 2 nitrogen and oxygen atoms in total. The van der Waals surface area contributed by atoms with Gasteiger partial charge in [0.15, 0.2) is 0 Å². The zero-order chi connectivity index (χ0) is 16.0. The number of aliphatic carboxylic acids is 1. The molecule has 0 amide bonds. The molecule has 0 unspecified atom stereocenters. The van der Waals surface area contributed by atoms with Crippen LogP contribution in [0.1, 0.15) is 32.6 Å². The number of rotatable bonds is 11. The van der Waals surface area contributed by atoms with Crippen LogP contribution >= 0.6 is 23.5 Å². The second-order valence-electron chi connectivity index (χ2n) is 5.54. The van der Waals surface area contributed by atoms with E-state index in [-0.39, 0.29) is 0 Å². The first-order valence-corrected chi connectivity index (χ1v) is 10.4. The Bertz CT molecular complexity index is 389. The molecule has 0 aromatic rings. The van der Waals surface area contributed by atoms with Gasteiger partial charge in [0.25, 0.3) is 0 Å². The standard InChI is InChI=1S/C18H28O2S2/c1-2-3-4-9-12-21-14-17-15-22-13-16(17)10-7-5-6-8-11-18(19)20/h4-5,7-9,11,16-17H,2-3,6,10,12-15H2,1H3,(H,19,20)/t16-,17+/m1/s1. The quantitative estimate of drug-likeness (QED) is 0.325. The maximum Gasteiger partial charge on any atom is 0.327 e. The van der Waals surface area contributed by atoms with Crippen LogP contribution in [0.3, 0.4) is 0 Å². The first-order chi connectivity index (χ1) is 10.7. The van der Waals surface area contributed by atoms with Crippen molar-refractivity contribution in [1.29, 1.82) is 0 Å². The zero-order valence-electron chi connectivity index (χ0n) is 13.4. The minimum Gasteiger partial charge on any atom is -0.478 e. The minimum absolute atomic E-state index is 0.716. The van der Waals surface area contributed by atoms with Gasteiger partial charge in [-0.2, -0.15) is 23.5 Å². The normalized spacial score (nSPS) is 22.4. The molecule has 1 aliphatic rings. The van der Waals surface area contributed by atoms with Crippen molar-refractivity contribution >= 4 is 29.5 Å². The van der Waals surface area contributed by atoms with Crippen LogP contribution in [0.15, 0.2) is 36.5 Å².